The molecule has 0 spiro atoms. The van der Waals surface area contributed by atoms with Gasteiger partial charge in [-0.25, -0.2) is 0 Å². The Kier molecular flexibility index (Phi) is 49.1. The van der Waals surface area contributed by atoms with Gasteiger partial charge >= 0.3 is 17.9 Å². The predicted octanol–water partition coefficient (Wildman–Crippen LogP) is 19.1. The van der Waals surface area contributed by atoms with Crippen molar-refractivity contribution in [2.45, 2.75) is 330 Å². The van der Waals surface area contributed by atoms with Gasteiger partial charge in [-0.2, -0.15) is 0 Å². The Labute approximate surface area is 406 Å². The number of carbonyl (C=O) groups excluding carboxylic acids is 3. The second-order valence-corrected chi connectivity index (χ2v) is 21.5. The third-order valence-corrected chi connectivity index (χ3v) is 13.8. The van der Waals surface area contributed by atoms with Crippen LogP contribution in [0.4, 0.5) is 0 Å². The lowest BCUT2D eigenvalue weighted by atomic mass is 10.00. The quantitative estimate of drug-likeness (QED) is 0.0344. The van der Waals surface area contributed by atoms with Crippen molar-refractivity contribution in [1.82, 2.24) is 0 Å². The van der Waals surface area contributed by atoms with Crippen molar-refractivity contribution >= 4 is 17.9 Å². The highest BCUT2D eigenvalue weighted by molar-refractivity contribution is 5.71. The summed E-state index contributed by atoms with van der Waals surface area (Å²) in [5, 5.41) is 0. The van der Waals surface area contributed by atoms with Crippen molar-refractivity contribution in [3.05, 3.63) is 0 Å². The van der Waals surface area contributed by atoms with Crippen molar-refractivity contribution in [3.63, 3.8) is 0 Å². The van der Waals surface area contributed by atoms with Gasteiger partial charge in [0.2, 0.25) is 0 Å². The molecule has 0 amide bonds. The summed E-state index contributed by atoms with van der Waals surface area (Å²) in [6, 6.07) is 0. The normalized spacial score (nSPS) is 12.6. The zero-order valence-corrected chi connectivity index (χ0v) is 44.8. The Morgan fingerprint density at radius 1 is 0.308 bits per heavy atom. The first-order chi connectivity index (χ1) is 31.6. The Morgan fingerprint density at radius 3 is 0.800 bits per heavy atom. The Morgan fingerprint density at radius 2 is 0.538 bits per heavy atom. The van der Waals surface area contributed by atoms with Gasteiger partial charge in [0.1, 0.15) is 13.2 Å². The molecular weight excluding hydrogens is 805 g/mol. The molecule has 0 fully saturated rings. The maximum absolute atomic E-state index is 12.8. The third kappa shape index (κ3) is 51.6. The molecule has 1 unspecified atom stereocenters. The van der Waals surface area contributed by atoms with Gasteiger partial charge in [-0.1, -0.05) is 286 Å². The van der Waals surface area contributed by atoms with Crippen molar-refractivity contribution in [1.29, 1.82) is 0 Å². The summed E-state index contributed by atoms with van der Waals surface area (Å²) >= 11 is 0. The maximum atomic E-state index is 12.8. The fraction of sp³-hybridized carbons (Fsp3) is 0.949. The molecule has 0 radical (unpaired) electrons. The van der Waals surface area contributed by atoms with Gasteiger partial charge in [0.25, 0.3) is 0 Å². The number of rotatable bonds is 52. The minimum Gasteiger partial charge on any atom is -0.462 e. The van der Waals surface area contributed by atoms with Crippen molar-refractivity contribution < 1.29 is 28.6 Å². The molecule has 0 aromatic carbocycles. The number of esters is 3. The molecule has 0 N–H and O–H groups in total. The van der Waals surface area contributed by atoms with E-state index in [0.717, 1.165) is 75.5 Å². The van der Waals surface area contributed by atoms with E-state index < -0.39 is 6.10 Å². The second-order valence-electron chi connectivity index (χ2n) is 21.5. The van der Waals surface area contributed by atoms with E-state index in [1.807, 2.05) is 0 Å². The van der Waals surface area contributed by atoms with Gasteiger partial charge in [0, 0.05) is 19.3 Å². The molecule has 0 aromatic heterocycles. The van der Waals surface area contributed by atoms with E-state index in [1.54, 1.807) is 0 Å². The van der Waals surface area contributed by atoms with Gasteiger partial charge in [-0.15, -0.1) is 0 Å². The SMILES string of the molecule is CCC(C)CCCCCCCCC(=O)O[C@H](COC(=O)CCCCCCCCCCCCCCCCCCC(C)C)COC(=O)CCCCCCCCCCCCCCCCCC(C)C. The summed E-state index contributed by atoms with van der Waals surface area (Å²) in [5.41, 5.74) is 0. The molecule has 65 heavy (non-hydrogen) atoms. The largest absolute Gasteiger partial charge is 0.462 e. The van der Waals surface area contributed by atoms with Crippen molar-refractivity contribution in [2.75, 3.05) is 13.2 Å². The van der Waals surface area contributed by atoms with Crippen LogP contribution in [0.25, 0.3) is 0 Å². The van der Waals surface area contributed by atoms with E-state index in [2.05, 4.69) is 41.5 Å². The zero-order valence-electron chi connectivity index (χ0n) is 44.8. The molecule has 2 atom stereocenters. The van der Waals surface area contributed by atoms with Crippen LogP contribution >= 0.6 is 0 Å². The summed E-state index contributed by atoms with van der Waals surface area (Å²) < 4.78 is 16.9. The molecule has 386 valence electrons. The number of ether oxygens (including phenoxy) is 3. The molecule has 0 saturated carbocycles. The highest BCUT2D eigenvalue weighted by Crippen LogP contribution is 2.19. The topological polar surface area (TPSA) is 78.9 Å². The van der Waals surface area contributed by atoms with E-state index in [-0.39, 0.29) is 31.1 Å². The van der Waals surface area contributed by atoms with Crippen LogP contribution in [0.3, 0.4) is 0 Å². The monoisotopic (exact) mass is 919 g/mol. The molecule has 0 heterocycles. The lowest BCUT2D eigenvalue weighted by molar-refractivity contribution is -0.167. The minimum atomic E-state index is -0.764. The van der Waals surface area contributed by atoms with Crippen molar-refractivity contribution in [3.8, 4) is 0 Å². The first kappa shape index (κ1) is 63.4. The fourth-order valence-electron chi connectivity index (χ4n) is 8.97. The smallest absolute Gasteiger partial charge is 0.306 e. The van der Waals surface area contributed by atoms with Gasteiger partial charge < -0.3 is 14.2 Å². The lowest BCUT2D eigenvalue weighted by Crippen LogP contribution is -2.30. The molecule has 0 rings (SSSR count). The molecule has 6 heteroatoms. The number of unbranched alkanes of at least 4 members (excludes halogenated alkanes) is 34. The zero-order chi connectivity index (χ0) is 47.7. The fourth-order valence-corrected chi connectivity index (χ4v) is 8.97. The molecule has 0 aliphatic heterocycles. The molecule has 0 aliphatic rings. The van der Waals surface area contributed by atoms with Gasteiger partial charge in [-0.3, -0.25) is 14.4 Å². The van der Waals surface area contributed by atoms with Gasteiger partial charge in [0.05, 0.1) is 0 Å². The predicted molar refractivity (Wildman–Crippen MR) is 279 cm³/mol. The van der Waals surface area contributed by atoms with Crippen molar-refractivity contribution in [2.24, 2.45) is 17.8 Å². The van der Waals surface area contributed by atoms with Crippen LogP contribution in [0.2, 0.25) is 0 Å². The molecule has 0 aromatic rings. The summed E-state index contributed by atoms with van der Waals surface area (Å²) in [6.45, 7) is 13.8. The third-order valence-electron chi connectivity index (χ3n) is 13.8. The average molecular weight is 920 g/mol. The van der Waals surface area contributed by atoms with Crippen LogP contribution in [0.5, 0.6) is 0 Å². The lowest BCUT2D eigenvalue weighted by Gasteiger charge is -2.18. The van der Waals surface area contributed by atoms with E-state index in [9.17, 15) is 14.4 Å². The minimum absolute atomic E-state index is 0.0644. The van der Waals surface area contributed by atoms with E-state index in [4.69, 9.17) is 14.2 Å². The van der Waals surface area contributed by atoms with Crippen LogP contribution in [-0.2, 0) is 28.6 Å². The van der Waals surface area contributed by atoms with Gasteiger partial charge in [-0.05, 0) is 37.0 Å². The Hall–Kier alpha value is -1.59. The van der Waals surface area contributed by atoms with E-state index in [0.29, 0.717) is 19.3 Å². The standard InChI is InChI=1S/C59H114O6/c1-7-55(6)47-41-35-31-32-38-44-50-59(62)65-56(52-64-58(61)49-43-37-30-26-22-18-14-10-12-16-20-24-28-34-40-46-54(4)5)51-63-57(60)48-42-36-29-25-21-17-13-9-8-11-15-19-23-27-33-39-45-53(2)3/h53-56H,7-52H2,1-6H3/t55?,56-/m1/s1. The van der Waals surface area contributed by atoms with Crippen LogP contribution in [0.15, 0.2) is 0 Å². The Bertz CT molecular complexity index is 1010. The van der Waals surface area contributed by atoms with Crippen LogP contribution in [0, 0.1) is 17.8 Å². The molecular formula is C59H114O6. The first-order valence-corrected chi connectivity index (χ1v) is 29.1. The first-order valence-electron chi connectivity index (χ1n) is 29.1. The highest BCUT2D eigenvalue weighted by atomic mass is 16.6. The van der Waals surface area contributed by atoms with Gasteiger partial charge in [0.15, 0.2) is 6.10 Å². The highest BCUT2D eigenvalue weighted by Gasteiger charge is 2.19. The Balaban J connectivity index is 4.21. The molecule has 0 aliphatic carbocycles. The second kappa shape index (κ2) is 50.3. The van der Waals surface area contributed by atoms with E-state index >= 15 is 0 Å². The molecule has 0 saturated heterocycles. The number of hydrogen-bond donors (Lipinski definition) is 0. The maximum Gasteiger partial charge on any atom is 0.306 e. The molecule has 6 nitrogen and oxygen atoms in total. The summed E-state index contributed by atoms with van der Waals surface area (Å²) in [6.07, 6.45) is 52.5. The number of carbonyl (C=O) groups is 3. The molecule has 0 bridgehead atoms. The number of hydrogen-bond acceptors (Lipinski definition) is 6. The summed E-state index contributed by atoms with van der Waals surface area (Å²) in [5.74, 6) is 1.66. The van der Waals surface area contributed by atoms with Crippen LogP contribution in [0.1, 0.15) is 324 Å². The summed E-state index contributed by atoms with van der Waals surface area (Å²) in [4.78, 5) is 38.1. The van der Waals surface area contributed by atoms with E-state index in [1.165, 1.54) is 205 Å². The van der Waals surface area contributed by atoms with Crippen LogP contribution < -0.4 is 0 Å². The van der Waals surface area contributed by atoms with Crippen LogP contribution in [-0.4, -0.2) is 37.2 Å². The summed E-state index contributed by atoms with van der Waals surface area (Å²) in [7, 11) is 0. The average Bonchev–Trinajstić information content (AvgIpc) is 3.28.